The molecule has 0 radical (unpaired) electrons. The molecule has 78 valence electrons. The molecule has 1 saturated heterocycles. The molecule has 0 aliphatic carbocycles. The van der Waals surface area contributed by atoms with Gasteiger partial charge in [0, 0.05) is 11.1 Å². The number of hydrogen-bond donors (Lipinski definition) is 2. The summed E-state index contributed by atoms with van der Waals surface area (Å²) < 4.78 is 0. The lowest BCUT2D eigenvalue weighted by molar-refractivity contribution is 0.276. The summed E-state index contributed by atoms with van der Waals surface area (Å²) in [5.74, 6) is 0. The molecule has 14 heavy (non-hydrogen) atoms. The van der Waals surface area contributed by atoms with Crippen LogP contribution in [0.2, 0.25) is 5.02 Å². The lowest BCUT2D eigenvalue weighted by atomic mass is 9.94. The molecule has 1 unspecified atom stereocenters. The summed E-state index contributed by atoms with van der Waals surface area (Å²) in [6, 6.07) is 6.11. The Morgan fingerprint density at radius 3 is 2.71 bits per heavy atom. The van der Waals surface area contributed by atoms with Crippen molar-refractivity contribution in [2.75, 3.05) is 6.54 Å². The minimum absolute atomic E-state index is 0. The molecular weight excluding hydrogens is 221 g/mol. The van der Waals surface area contributed by atoms with Crippen LogP contribution in [-0.4, -0.2) is 11.7 Å². The highest BCUT2D eigenvalue weighted by atomic mass is 35.5. The first-order valence-corrected chi connectivity index (χ1v) is 4.81. The zero-order chi connectivity index (χ0) is 9.26. The molecule has 1 aliphatic rings. The van der Waals surface area contributed by atoms with Crippen molar-refractivity contribution in [2.45, 2.75) is 19.1 Å². The molecule has 0 spiro atoms. The molecule has 0 saturated carbocycles. The van der Waals surface area contributed by atoms with Crippen molar-refractivity contribution in [2.24, 2.45) is 0 Å². The lowest BCUT2D eigenvalue weighted by Gasteiger charge is -2.29. The Hall–Kier alpha value is -0.280. The van der Waals surface area contributed by atoms with Crippen molar-refractivity contribution in [3.8, 4) is 0 Å². The average molecular weight is 234 g/mol. The van der Waals surface area contributed by atoms with Gasteiger partial charge in [0.2, 0.25) is 0 Å². The smallest absolute Gasteiger partial charge is 0.0685 e. The minimum atomic E-state index is 0. The zero-order valence-corrected chi connectivity index (χ0v) is 9.24. The summed E-state index contributed by atoms with van der Waals surface area (Å²) in [5.41, 5.74) is 2.11. The maximum atomic E-state index is 9.12. The molecule has 4 heteroatoms. The van der Waals surface area contributed by atoms with E-state index < -0.39 is 0 Å². The number of aliphatic hydroxyl groups is 1. The summed E-state index contributed by atoms with van der Waals surface area (Å²) in [5, 5.41) is 13.1. The Kier molecular flexibility index (Phi) is 4.20. The first kappa shape index (κ1) is 11.8. The first-order valence-electron chi connectivity index (χ1n) is 4.44. The topological polar surface area (TPSA) is 32.3 Å². The van der Waals surface area contributed by atoms with E-state index in [1.807, 2.05) is 18.2 Å². The van der Waals surface area contributed by atoms with Crippen LogP contribution in [0.25, 0.3) is 0 Å². The Balaban J connectivity index is 0.000000980. The molecule has 1 aromatic carbocycles. The normalized spacial score (nSPS) is 19.7. The van der Waals surface area contributed by atoms with E-state index in [0.29, 0.717) is 11.1 Å². The lowest BCUT2D eigenvalue weighted by Crippen LogP contribution is -2.35. The molecule has 2 rings (SSSR count). The third-order valence-electron chi connectivity index (χ3n) is 2.47. The molecule has 1 aliphatic heterocycles. The van der Waals surface area contributed by atoms with E-state index in [4.69, 9.17) is 16.7 Å². The van der Waals surface area contributed by atoms with E-state index in [1.54, 1.807) is 0 Å². The van der Waals surface area contributed by atoms with Crippen LogP contribution in [0.1, 0.15) is 23.6 Å². The van der Waals surface area contributed by atoms with Crippen LogP contribution in [0.15, 0.2) is 18.2 Å². The summed E-state index contributed by atoms with van der Waals surface area (Å²) in [6.07, 6.45) is 1.15. The monoisotopic (exact) mass is 233 g/mol. The van der Waals surface area contributed by atoms with Crippen LogP contribution < -0.4 is 5.32 Å². The molecule has 0 aromatic heterocycles. The second kappa shape index (κ2) is 4.99. The minimum Gasteiger partial charge on any atom is -0.392 e. The van der Waals surface area contributed by atoms with E-state index in [1.165, 1.54) is 5.56 Å². The number of benzene rings is 1. The van der Waals surface area contributed by atoms with Gasteiger partial charge in [-0.2, -0.15) is 0 Å². The van der Waals surface area contributed by atoms with E-state index in [-0.39, 0.29) is 19.0 Å². The number of hydrogen-bond acceptors (Lipinski definition) is 2. The second-order valence-electron chi connectivity index (χ2n) is 3.30. The van der Waals surface area contributed by atoms with Crippen LogP contribution in [0.4, 0.5) is 0 Å². The molecule has 2 N–H and O–H groups in total. The average Bonchev–Trinajstić information content (AvgIpc) is 2.05. The molecule has 2 nitrogen and oxygen atoms in total. The van der Waals surface area contributed by atoms with E-state index >= 15 is 0 Å². The highest BCUT2D eigenvalue weighted by Gasteiger charge is 2.20. The van der Waals surface area contributed by atoms with E-state index in [9.17, 15) is 0 Å². The van der Waals surface area contributed by atoms with Crippen molar-refractivity contribution in [3.05, 3.63) is 34.3 Å². The van der Waals surface area contributed by atoms with Crippen molar-refractivity contribution in [1.82, 2.24) is 5.32 Å². The predicted octanol–water partition coefficient (Wildman–Crippen LogP) is 2.29. The highest BCUT2D eigenvalue weighted by Crippen LogP contribution is 2.27. The van der Waals surface area contributed by atoms with Crippen molar-refractivity contribution in [3.63, 3.8) is 0 Å². The van der Waals surface area contributed by atoms with Gasteiger partial charge >= 0.3 is 0 Å². The number of aliphatic hydroxyl groups excluding tert-OH is 1. The van der Waals surface area contributed by atoms with Gasteiger partial charge in [0.1, 0.15) is 0 Å². The van der Waals surface area contributed by atoms with Crippen molar-refractivity contribution >= 4 is 24.0 Å². The summed E-state index contributed by atoms with van der Waals surface area (Å²) >= 11 is 5.83. The summed E-state index contributed by atoms with van der Waals surface area (Å²) in [7, 11) is 0. The molecule has 1 aromatic rings. The molecule has 0 amide bonds. The highest BCUT2D eigenvalue weighted by molar-refractivity contribution is 6.30. The number of rotatable bonds is 2. The van der Waals surface area contributed by atoms with Crippen LogP contribution in [0, 0.1) is 0 Å². The fraction of sp³-hybridized carbons (Fsp3) is 0.400. The predicted molar refractivity (Wildman–Crippen MR) is 60.0 cm³/mol. The fourth-order valence-corrected chi connectivity index (χ4v) is 1.80. The van der Waals surface area contributed by atoms with Crippen LogP contribution in [0.3, 0.4) is 0 Å². The Morgan fingerprint density at radius 2 is 2.21 bits per heavy atom. The number of halogens is 2. The second-order valence-corrected chi connectivity index (χ2v) is 3.73. The molecule has 0 bridgehead atoms. The Bertz CT molecular complexity index is 313. The van der Waals surface area contributed by atoms with Crippen molar-refractivity contribution < 1.29 is 5.11 Å². The number of nitrogens with one attached hydrogen (secondary N) is 1. The molecular formula is C10H13Cl2NO. The maximum Gasteiger partial charge on any atom is 0.0685 e. The fourth-order valence-electron chi connectivity index (χ4n) is 1.61. The standard InChI is InChI=1S/C10H12ClNO.ClH/c11-8-1-2-9(7(5-8)6-13)10-3-4-12-10;/h1-2,5,10,12-13H,3-4,6H2;1H. The van der Waals surface area contributed by atoms with Gasteiger partial charge in [-0.25, -0.2) is 0 Å². The van der Waals surface area contributed by atoms with E-state index in [2.05, 4.69) is 5.32 Å². The Morgan fingerprint density at radius 1 is 1.50 bits per heavy atom. The third kappa shape index (κ3) is 2.20. The molecule has 1 heterocycles. The van der Waals surface area contributed by atoms with Crippen LogP contribution >= 0.6 is 24.0 Å². The van der Waals surface area contributed by atoms with Gasteiger partial charge in [0.25, 0.3) is 0 Å². The SMILES string of the molecule is Cl.OCc1cc(Cl)ccc1C1CCN1. The van der Waals surface area contributed by atoms with Gasteiger partial charge in [-0.15, -0.1) is 12.4 Å². The summed E-state index contributed by atoms with van der Waals surface area (Å²) in [4.78, 5) is 0. The van der Waals surface area contributed by atoms with Gasteiger partial charge in [0.15, 0.2) is 0 Å². The maximum absolute atomic E-state index is 9.12. The van der Waals surface area contributed by atoms with Gasteiger partial charge in [-0.3, -0.25) is 0 Å². The summed E-state index contributed by atoms with van der Waals surface area (Å²) in [6.45, 7) is 1.13. The van der Waals surface area contributed by atoms with Crippen LogP contribution in [-0.2, 0) is 6.61 Å². The van der Waals surface area contributed by atoms with Crippen LogP contribution in [0.5, 0.6) is 0 Å². The van der Waals surface area contributed by atoms with Gasteiger partial charge in [0.05, 0.1) is 6.61 Å². The van der Waals surface area contributed by atoms with Gasteiger partial charge < -0.3 is 10.4 Å². The van der Waals surface area contributed by atoms with E-state index in [0.717, 1.165) is 18.5 Å². The zero-order valence-electron chi connectivity index (χ0n) is 7.66. The molecule has 1 fully saturated rings. The molecule has 1 atom stereocenters. The Labute approximate surface area is 94.7 Å². The quantitative estimate of drug-likeness (QED) is 0.822. The first-order chi connectivity index (χ1) is 6.31. The van der Waals surface area contributed by atoms with Gasteiger partial charge in [-0.1, -0.05) is 17.7 Å². The van der Waals surface area contributed by atoms with Gasteiger partial charge in [-0.05, 0) is 36.2 Å². The van der Waals surface area contributed by atoms with Crippen molar-refractivity contribution in [1.29, 1.82) is 0 Å². The third-order valence-corrected chi connectivity index (χ3v) is 2.71. The largest absolute Gasteiger partial charge is 0.392 e.